The van der Waals surface area contributed by atoms with Crippen molar-refractivity contribution in [1.29, 1.82) is 0 Å². The minimum Gasteiger partial charge on any atom is -0.392 e. The largest absolute Gasteiger partial charge is 0.392 e. The molecule has 1 aromatic rings. The lowest BCUT2D eigenvalue weighted by atomic mass is 10.1. The maximum absolute atomic E-state index is 11.8. The molecule has 1 amide bonds. The van der Waals surface area contributed by atoms with Crippen molar-refractivity contribution < 1.29 is 14.4 Å². The van der Waals surface area contributed by atoms with E-state index in [-0.39, 0.29) is 11.9 Å². The van der Waals surface area contributed by atoms with Gasteiger partial charge in [-0.25, -0.2) is 0 Å². The Bertz CT molecular complexity index is 397. The molecule has 2 atom stereocenters. The van der Waals surface area contributed by atoms with Crippen LogP contribution in [0.1, 0.15) is 23.4 Å². The molecule has 2 unspecified atom stereocenters. The van der Waals surface area contributed by atoms with Crippen molar-refractivity contribution in [3.63, 3.8) is 0 Å². The molecule has 3 N–H and O–H groups in total. The van der Waals surface area contributed by atoms with Gasteiger partial charge in [0, 0.05) is 18.7 Å². The van der Waals surface area contributed by atoms with Crippen LogP contribution in [-0.2, 0) is 11.3 Å². The summed E-state index contributed by atoms with van der Waals surface area (Å²) in [5, 5.41) is 18.9. The van der Waals surface area contributed by atoms with Gasteiger partial charge in [0.05, 0.1) is 17.8 Å². The van der Waals surface area contributed by atoms with E-state index in [2.05, 4.69) is 15.8 Å². The fourth-order valence-corrected chi connectivity index (χ4v) is 1.97. The summed E-state index contributed by atoms with van der Waals surface area (Å²) in [5.41, 5.74) is 1.71. The third kappa shape index (κ3) is 2.65. The molecule has 1 saturated heterocycles. The molecule has 1 aliphatic rings. The monoisotopic (exact) mass is 239 g/mol. The molecule has 0 aromatic carbocycles. The number of aliphatic hydroxyl groups excluding tert-OH is 1. The highest BCUT2D eigenvalue weighted by Gasteiger charge is 2.27. The smallest absolute Gasteiger partial charge is 0.237 e. The zero-order valence-corrected chi connectivity index (χ0v) is 9.99. The normalized spacial score (nSPS) is 23.9. The maximum Gasteiger partial charge on any atom is 0.237 e. The van der Waals surface area contributed by atoms with Crippen LogP contribution < -0.4 is 10.6 Å². The molecule has 0 radical (unpaired) electrons. The molecule has 2 rings (SSSR count). The Labute approximate surface area is 99.4 Å². The van der Waals surface area contributed by atoms with Gasteiger partial charge < -0.3 is 20.3 Å². The van der Waals surface area contributed by atoms with Crippen LogP contribution in [0.15, 0.2) is 4.52 Å². The molecule has 1 fully saturated rings. The van der Waals surface area contributed by atoms with E-state index >= 15 is 0 Å². The van der Waals surface area contributed by atoms with E-state index in [1.54, 1.807) is 0 Å². The van der Waals surface area contributed by atoms with Gasteiger partial charge in [0.1, 0.15) is 5.76 Å². The second-order valence-corrected chi connectivity index (χ2v) is 4.37. The summed E-state index contributed by atoms with van der Waals surface area (Å²) < 4.78 is 5.01. The zero-order valence-electron chi connectivity index (χ0n) is 9.99. The molecule has 6 heteroatoms. The Kier molecular flexibility index (Phi) is 3.44. The van der Waals surface area contributed by atoms with Crippen molar-refractivity contribution in [2.24, 2.45) is 0 Å². The highest BCUT2D eigenvalue weighted by atomic mass is 16.5. The zero-order chi connectivity index (χ0) is 12.4. The number of carbonyl (C=O) groups excluding carboxylic acids is 1. The number of rotatable bonds is 3. The van der Waals surface area contributed by atoms with Crippen LogP contribution >= 0.6 is 0 Å². The number of β-amino-alcohol motifs (C(OH)–C–C–N with tert-alkyl or cyclic N) is 1. The summed E-state index contributed by atoms with van der Waals surface area (Å²) in [7, 11) is 0. The number of aliphatic hydroxyl groups is 1. The second kappa shape index (κ2) is 4.85. The highest BCUT2D eigenvalue weighted by Crippen LogP contribution is 2.12. The first-order valence-electron chi connectivity index (χ1n) is 5.69. The van der Waals surface area contributed by atoms with Gasteiger partial charge in [-0.05, 0) is 20.3 Å². The van der Waals surface area contributed by atoms with E-state index in [1.165, 1.54) is 0 Å². The number of aryl methyl sites for hydroxylation is 2. The van der Waals surface area contributed by atoms with E-state index in [0.717, 1.165) is 17.0 Å². The van der Waals surface area contributed by atoms with Gasteiger partial charge in [-0.15, -0.1) is 0 Å². The fourth-order valence-electron chi connectivity index (χ4n) is 1.97. The van der Waals surface area contributed by atoms with Crippen molar-refractivity contribution in [3.8, 4) is 0 Å². The van der Waals surface area contributed by atoms with Gasteiger partial charge in [-0.2, -0.15) is 0 Å². The van der Waals surface area contributed by atoms with Crippen molar-refractivity contribution in [2.45, 2.75) is 39.0 Å². The van der Waals surface area contributed by atoms with Gasteiger partial charge in [0.2, 0.25) is 5.91 Å². The predicted octanol–water partition coefficient (Wildman–Crippen LogP) is -0.370. The van der Waals surface area contributed by atoms with Crippen molar-refractivity contribution in [3.05, 3.63) is 17.0 Å². The Morgan fingerprint density at radius 1 is 1.65 bits per heavy atom. The Balaban J connectivity index is 1.88. The summed E-state index contributed by atoms with van der Waals surface area (Å²) in [6.45, 7) is 4.55. The summed E-state index contributed by atoms with van der Waals surface area (Å²) in [6, 6.07) is -0.300. The van der Waals surface area contributed by atoms with E-state index in [4.69, 9.17) is 4.52 Å². The number of nitrogens with one attached hydrogen (secondary N) is 2. The first-order chi connectivity index (χ1) is 8.08. The fraction of sp³-hybridized carbons (Fsp3) is 0.636. The van der Waals surface area contributed by atoms with Crippen LogP contribution in [0.3, 0.4) is 0 Å². The molecule has 0 aliphatic carbocycles. The van der Waals surface area contributed by atoms with Crippen LogP contribution in [0.4, 0.5) is 0 Å². The SMILES string of the molecule is Cc1noc(C)c1CNC(=O)C1CC(O)CN1. The number of hydrogen-bond acceptors (Lipinski definition) is 5. The quantitative estimate of drug-likeness (QED) is 0.670. The average molecular weight is 239 g/mol. The molecule has 2 heterocycles. The summed E-state index contributed by atoms with van der Waals surface area (Å²) in [5.74, 6) is 0.628. The lowest BCUT2D eigenvalue weighted by Gasteiger charge is -2.10. The molecular formula is C11H17N3O3. The molecule has 1 aromatic heterocycles. The summed E-state index contributed by atoms with van der Waals surface area (Å²) in [4.78, 5) is 11.8. The Hall–Kier alpha value is -1.40. The lowest BCUT2D eigenvalue weighted by molar-refractivity contribution is -0.123. The van der Waals surface area contributed by atoms with Crippen LogP contribution in [0.2, 0.25) is 0 Å². The highest BCUT2D eigenvalue weighted by molar-refractivity contribution is 5.82. The van der Waals surface area contributed by atoms with Gasteiger partial charge in [-0.1, -0.05) is 5.16 Å². The molecular weight excluding hydrogens is 222 g/mol. The van der Waals surface area contributed by atoms with Crippen molar-refractivity contribution in [1.82, 2.24) is 15.8 Å². The van der Waals surface area contributed by atoms with Gasteiger partial charge in [0.15, 0.2) is 0 Å². The minimum absolute atomic E-state index is 0.0958. The minimum atomic E-state index is -0.426. The van der Waals surface area contributed by atoms with Gasteiger partial charge >= 0.3 is 0 Å². The molecule has 0 saturated carbocycles. The predicted molar refractivity (Wildman–Crippen MR) is 60.2 cm³/mol. The standard InChI is InChI=1S/C11H17N3O3/c1-6-9(7(2)17-14-6)5-13-11(16)10-3-8(15)4-12-10/h8,10,12,15H,3-5H2,1-2H3,(H,13,16). The lowest BCUT2D eigenvalue weighted by Crippen LogP contribution is -2.40. The average Bonchev–Trinajstić information content (AvgIpc) is 2.84. The molecule has 6 nitrogen and oxygen atoms in total. The van der Waals surface area contributed by atoms with Crippen LogP contribution in [0.5, 0.6) is 0 Å². The van der Waals surface area contributed by atoms with Crippen LogP contribution in [-0.4, -0.2) is 34.9 Å². The molecule has 1 aliphatic heterocycles. The number of nitrogens with zero attached hydrogens (tertiary/aromatic N) is 1. The molecule has 0 spiro atoms. The molecule has 17 heavy (non-hydrogen) atoms. The summed E-state index contributed by atoms with van der Waals surface area (Å²) in [6.07, 6.45) is 0.0396. The van der Waals surface area contributed by atoms with E-state index in [9.17, 15) is 9.90 Å². The first kappa shape index (κ1) is 12.1. The van der Waals surface area contributed by atoms with Crippen molar-refractivity contribution >= 4 is 5.91 Å². The third-order valence-electron chi connectivity index (χ3n) is 3.04. The Morgan fingerprint density at radius 2 is 2.41 bits per heavy atom. The first-order valence-corrected chi connectivity index (χ1v) is 5.69. The van der Waals surface area contributed by atoms with Crippen LogP contribution in [0, 0.1) is 13.8 Å². The van der Waals surface area contributed by atoms with Gasteiger partial charge in [-0.3, -0.25) is 4.79 Å². The van der Waals surface area contributed by atoms with E-state index in [1.807, 2.05) is 13.8 Å². The van der Waals surface area contributed by atoms with E-state index in [0.29, 0.717) is 19.5 Å². The summed E-state index contributed by atoms with van der Waals surface area (Å²) >= 11 is 0. The van der Waals surface area contributed by atoms with Gasteiger partial charge in [0.25, 0.3) is 0 Å². The second-order valence-electron chi connectivity index (χ2n) is 4.37. The van der Waals surface area contributed by atoms with E-state index < -0.39 is 6.10 Å². The number of carbonyl (C=O) groups is 1. The topological polar surface area (TPSA) is 87.4 Å². The Morgan fingerprint density at radius 3 is 2.94 bits per heavy atom. The molecule has 94 valence electrons. The van der Waals surface area contributed by atoms with Crippen molar-refractivity contribution in [2.75, 3.05) is 6.54 Å². The third-order valence-corrected chi connectivity index (χ3v) is 3.04. The number of aromatic nitrogens is 1. The van der Waals surface area contributed by atoms with Crippen LogP contribution in [0.25, 0.3) is 0 Å². The molecule has 0 bridgehead atoms. The maximum atomic E-state index is 11.8. The number of amides is 1. The number of hydrogen-bond donors (Lipinski definition) is 3.